The first-order valence-electron chi connectivity index (χ1n) is 8.16. The van der Waals surface area contributed by atoms with E-state index in [2.05, 4.69) is 42.5 Å². The summed E-state index contributed by atoms with van der Waals surface area (Å²) in [4.78, 5) is 18.4. The molecule has 0 aliphatic carbocycles. The lowest BCUT2D eigenvalue weighted by Crippen LogP contribution is -2.39. The van der Waals surface area contributed by atoms with Crippen LogP contribution >= 0.6 is 15.9 Å². The summed E-state index contributed by atoms with van der Waals surface area (Å²) in [6.07, 6.45) is 1.48. The van der Waals surface area contributed by atoms with E-state index in [1.807, 2.05) is 32.2 Å². The molecule has 1 heterocycles. The number of hydrogen-bond donors (Lipinski definition) is 2. The van der Waals surface area contributed by atoms with E-state index < -0.39 is 0 Å². The van der Waals surface area contributed by atoms with Crippen molar-refractivity contribution in [2.45, 2.75) is 13.5 Å². The van der Waals surface area contributed by atoms with Crippen molar-refractivity contribution in [1.29, 1.82) is 0 Å². The lowest BCUT2D eigenvalue weighted by molar-refractivity contribution is 0.0927. The fraction of sp³-hybridized carbons (Fsp3) is 0.333. The van der Waals surface area contributed by atoms with Crippen molar-refractivity contribution in [2.24, 2.45) is 4.99 Å². The number of furan rings is 1. The summed E-state index contributed by atoms with van der Waals surface area (Å²) < 4.78 is 6.13. The van der Waals surface area contributed by atoms with Gasteiger partial charge in [-0.15, -0.1) is 0 Å². The van der Waals surface area contributed by atoms with Crippen LogP contribution < -0.4 is 10.6 Å². The molecule has 1 aromatic carbocycles. The van der Waals surface area contributed by atoms with Crippen molar-refractivity contribution in [2.75, 3.05) is 26.7 Å². The molecule has 25 heavy (non-hydrogen) atoms. The van der Waals surface area contributed by atoms with Crippen molar-refractivity contribution in [3.63, 3.8) is 0 Å². The van der Waals surface area contributed by atoms with Gasteiger partial charge in [-0.1, -0.05) is 34.1 Å². The van der Waals surface area contributed by atoms with Crippen molar-refractivity contribution in [1.82, 2.24) is 15.5 Å². The second-order valence-corrected chi connectivity index (χ2v) is 6.27. The van der Waals surface area contributed by atoms with Crippen LogP contribution in [0.4, 0.5) is 0 Å². The van der Waals surface area contributed by atoms with Crippen LogP contribution in [-0.4, -0.2) is 43.4 Å². The van der Waals surface area contributed by atoms with Gasteiger partial charge >= 0.3 is 0 Å². The van der Waals surface area contributed by atoms with E-state index in [-0.39, 0.29) is 5.91 Å². The fourth-order valence-electron chi connectivity index (χ4n) is 2.25. The highest BCUT2D eigenvalue weighted by molar-refractivity contribution is 9.10. The summed E-state index contributed by atoms with van der Waals surface area (Å²) in [5.74, 6) is 0.874. The van der Waals surface area contributed by atoms with E-state index >= 15 is 0 Å². The second kappa shape index (κ2) is 9.88. The molecular weight excluding hydrogens is 384 g/mol. The summed E-state index contributed by atoms with van der Waals surface area (Å²) in [6.45, 7) is 4.46. The normalized spacial score (nSPS) is 11.2. The third kappa shape index (κ3) is 5.94. The number of carbonyl (C=O) groups is 1. The van der Waals surface area contributed by atoms with Gasteiger partial charge in [0.1, 0.15) is 0 Å². The number of guanidine groups is 1. The molecule has 2 N–H and O–H groups in total. The Balaban J connectivity index is 1.88. The standard InChI is InChI=1S/C18H23BrN4O2/c1-3-20-18(23(2)13-14-7-4-5-8-15(14)19)22-11-10-21-17(24)16-9-6-12-25-16/h4-9,12H,3,10-11,13H2,1-2H3,(H,20,22)(H,21,24). The minimum absolute atomic E-state index is 0.230. The number of nitrogens with one attached hydrogen (secondary N) is 2. The van der Waals surface area contributed by atoms with E-state index in [9.17, 15) is 4.79 Å². The predicted molar refractivity (Wildman–Crippen MR) is 103 cm³/mol. The highest BCUT2D eigenvalue weighted by Gasteiger charge is 2.09. The van der Waals surface area contributed by atoms with Crippen LogP contribution in [0.15, 0.2) is 56.5 Å². The number of amides is 1. The first-order valence-corrected chi connectivity index (χ1v) is 8.95. The van der Waals surface area contributed by atoms with Crippen molar-refractivity contribution in [3.8, 4) is 0 Å². The average molecular weight is 407 g/mol. The Morgan fingerprint density at radius 2 is 2.04 bits per heavy atom. The quantitative estimate of drug-likeness (QED) is 0.421. The summed E-state index contributed by atoms with van der Waals surface area (Å²) >= 11 is 3.57. The third-order valence-electron chi connectivity index (χ3n) is 3.47. The molecule has 7 heteroatoms. The maximum absolute atomic E-state index is 11.8. The van der Waals surface area contributed by atoms with Crippen LogP contribution in [0, 0.1) is 0 Å². The van der Waals surface area contributed by atoms with Crippen molar-refractivity contribution >= 4 is 27.8 Å². The number of carbonyl (C=O) groups excluding carboxylic acids is 1. The molecule has 134 valence electrons. The fourth-order valence-corrected chi connectivity index (χ4v) is 2.66. The molecule has 2 aromatic rings. The Kier molecular flexibility index (Phi) is 7.53. The summed E-state index contributed by atoms with van der Waals surface area (Å²) in [5.41, 5.74) is 1.18. The van der Waals surface area contributed by atoms with Gasteiger partial charge in [0.25, 0.3) is 5.91 Å². The van der Waals surface area contributed by atoms with E-state index in [0.717, 1.165) is 23.5 Å². The largest absolute Gasteiger partial charge is 0.459 e. The van der Waals surface area contributed by atoms with Gasteiger partial charge < -0.3 is 20.0 Å². The van der Waals surface area contributed by atoms with Gasteiger partial charge in [0.2, 0.25) is 0 Å². The van der Waals surface area contributed by atoms with E-state index in [1.165, 1.54) is 11.8 Å². The number of nitrogens with zero attached hydrogens (tertiary/aromatic N) is 2. The maximum atomic E-state index is 11.8. The predicted octanol–water partition coefficient (Wildman–Crippen LogP) is 2.87. The zero-order valence-electron chi connectivity index (χ0n) is 14.5. The Labute approximate surface area is 156 Å². The zero-order chi connectivity index (χ0) is 18.1. The molecule has 0 fully saturated rings. The maximum Gasteiger partial charge on any atom is 0.287 e. The lowest BCUT2D eigenvalue weighted by Gasteiger charge is -2.22. The van der Waals surface area contributed by atoms with Gasteiger partial charge in [-0.05, 0) is 30.7 Å². The zero-order valence-corrected chi connectivity index (χ0v) is 16.0. The lowest BCUT2D eigenvalue weighted by atomic mass is 10.2. The number of halogens is 1. The van der Waals surface area contributed by atoms with Crippen LogP contribution in [-0.2, 0) is 6.54 Å². The molecule has 0 radical (unpaired) electrons. The van der Waals surface area contributed by atoms with Gasteiger partial charge in [-0.2, -0.15) is 0 Å². The molecule has 1 amide bonds. The van der Waals surface area contributed by atoms with Crippen molar-refractivity contribution < 1.29 is 9.21 Å². The Hall–Kier alpha value is -2.28. The van der Waals surface area contributed by atoms with Crippen LogP contribution in [0.3, 0.4) is 0 Å². The monoisotopic (exact) mass is 406 g/mol. The molecule has 0 saturated carbocycles. The summed E-state index contributed by atoms with van der Waals surface area (Å²) in [7, 11) is 1.99. The van der Waals surface area contributed by atoms with E-state index in [4.69, 9.17) is 4.42 Å². The summed E-state index contributed by atoms with van der Waals surface area (Å²) in [6, 6.07) is 11.4. The van der Waals surface area contributed by atoms with E-state index in [0.29, 0.717) is 18.8 Å². The van der Waals surface area contributed by atoms with Crippen LogP contribution in [0.2, 0.25) is 0 Å². The SMILES string of the molecule is CCNC(=NCCNC(=O)c1ccco1)N(C)Cc1ccccc1Br. The number of hydrogen-bond acceptors (Lipinski definition) is 3. The van der Waals surface area contributed by atoms with Crippen LogP contribution in [0.1, 0.15) is 23.0 Å². The molecule has 1 aromatic heterocycles. The van der Waals surface area contributed by atoms with Gasteiger partial charge in [0.15, 0.2) is 11.7 Å². The minimum atomic E-state index is -0.230. The molecule has 0 aliphatic heterocycles. The molecule has 6 nitrogen and oxygen atoms in total. The Bertz CT molecular complexity index is 701. The minimum Gasteiger partial charge on any atom is -0.459 e. The Morgan fingerprint density at radius 1 is 1.24 bits per heavy atom. The topological polar surface area (TPSA) is 69.9 Å². The second-order valence-electron chi connectivity index (χ2n) is 5.42. The van der Waals surface area contributed by atoms with Crippen LogP contribution in [0.5, 0.6) is 0 Å². The molecule has 0 unspecified atom stereocenters. The number of aliphatic imine (C=N–C) groups is 1. The van der Waals surface area contributed by atoms with Crippen molar-refractivity contribution in [3.05, 3.63) is 58.5 Å². The average Bonchev–Trinajstić information content (AvgIpc) is 3.14. The highest BCUT2D eigenvalue weighted by Crippen LogP contribution is 2.17. The Morgan fingerprint density at radius 3 is 2.72 bits per heavy atom. The van der Waals surface area contributed by atoms with Gasteiger partial charge in [0.05, 0.1) is 12.8 Å². The third-order valence-corrected chi connectivity index (χ3v) is 4.24. The van der Waals surface area contributed by atoms with E-state index in [1.54, 1.807) is 12.1 Å². The molecule has 0 atom stereocenters. The summed E-state index contributed by atoms with van der Waals surface area (Å²) in [5, 5.41) is 6.05. The van der Waals surface area contributed by atoms with Gasteiger partial charge in [0, 0.05) is 31.2 Å². The molecular formula is C18H23BrN4O2. The molecule has 0 spiro atoms. The first-order chi connectivity index (χ1) is 12.1. The smallest absolute Gasteiger partial charge is 0.287 e. The molecule has 0 aliphatic rings. The molecule has 0 saturated heterocycles. The molecule has 2 rings (SSSR count). The van der Waals surface area contributed by atoms with Gasteiger partial charge in [-0.25, -0.2) is 0 Å². The molecule has 0 bridgehead atoms. The highest BCUT2D eigenvalue weighted by atomic mass is 79.9. The first kappa shape index (κ1) is 19.1. The van der Waals surface area contributed by atoms with Gasteiger partial charge in [-0.3, -0.25) is 9.79 Å². The van der Waals surface area contributed by atoms with Crippen LogP contribution in [0.25, 0.3) is 0 Å². The number of benzene rings is 1. The number of rotatable bonds is 7.